The third-order valence-electron chi connectivity index (χ3n) is 2.55. The highest BCUT2D eigenvalue weighted by atomic mass is 32.1. The van der Waals surface area contributed by atoms with E-state index >= 15 is 0 Å². The molecule has 0 fully saturated rings. The molecular formula is C11H15N5S. The van der Waals surface area contributed by atoms with E-state index in [4.69, 9.17) is 18.0 Å². The Morgan fingerprint density at radius 3 is 3.06 bits per heavy atom. The van der Waals surface area contributed by atoms with E-state index in [2.05, 4.69) is 10.1 Å². The van der Waals surface area contributed by atoms with Gasteiger partial charge in [0.05, 0.1) is 10.7 Å². The molecule has 0 spiro atoms. The maximum atomic E-state index is 5.50. The molecule has 5 nitrogen and oxygen atoms in total. The molecule has 0 radical (unpaired) electrons. The first-order chi connectivity index (χ1) is 8.08. The molecule has 2 rings (SSSR count). The fourth-order valence-electron chi connectivity index (χ4n) is 1.71. The van der Waals surface area contributed by atoms with Crippen molar-refractivity contribution in [2.75, 3.05) is 18.5 Å². The van der Waals surface area contributed by atoms with Crippen LogP contribution in [-0.4, -0.2) is 33.2 Å². The molecule has 2 N–H and O–H groups in total. The van der Waals surface area contributed by atoms with E-state index in [0.29, 0.717) is 11.4 Å². The molecule has 2 heterocycles. The van der Waals surface area contributed by atoms with Crippen molar-refractivity contribution in [3.8, 4) is 0 Å². The first-order valence-corrected chi connectivity index (χ1v) is 5.79. The molecule has 0 bridgehead atoms. The lowest BCUT2D eigenvalue weighted by atomic mass is 10.3. The van der Waals surface area contributed by atoms with Gasteiger partial charge in [-0.2, -0.15) is 5.10 Å². The van der Waals surface area contributed by atoms with Crippen LogP contribution in [0, 0.1) is 6.92 Å². The summed E-state index contributed by atoms with van der Waals surface area (Å²) in [5, 5.41) is 4.35. The topological polar surface area (TPSA) is 59.5 Å². The van der Waals surface area contributed by atoms with Gasteiger partial charge in [-0.1, -0.05) is 12.2 Å². The molecule has 0 unspecified atom stereocenters. The van der Waals surface area contributed by atoms with E-state index in [1.165, 1.54) is 0 Å². The molecule has 90 valence electrons. The maximum absolute atomic E-state index is 5.50. The van der Waals surface area contributed by atoms with Crippen LogP contribution in [0.25, 0.3) is 5.52 Å². The minimum atomic E-state index is 0.522. The maximum Gasteiger partial charge on any atom is 0.154 e. The van der Waals surface area contributed by atoms with Crippen LogP contribution in [0.5, 0.6) is 0 Å². The quantitative estimate of drug-likeness (QED) is 0.824. The van der Waals surface area contributed by atoms with E-state index in [1.54, 1.807) is 6.20 Å². The summed E-state index contributed by atoms with van der Waals surface area (Å²) in [7, 11) is 1.98. The molecule has 0 aromatic carbocycles. The predicted molar refractivity (Wildman–Crippen MR) is 72.4 cm³/mol. The van der Waals surface area contributed by atoms with Crippen molar-refractivity contribution in [3.63, 3.8) is 0 Å². The monoisotopic (exact) mass is 249 g/mol. The van der Waals surface area contributed by atoms with Crippen LogP contribution in [-0.2, 0) is 0 Å². The Bertz CT molecular complexity index is 548. The van der Waals surface area contributed by atoms with Gasteiger partial charge < -0.3 is 10.6 Å². The van der Waals surface area contributed by atoms with Gasteiger partial charge in [-0.25, -0.2) is 9.50 Å². The van der Waals surface area contributed by atoms with E-state index in [9.17, 15) is 0 Å². The van der Waals surface area contributed by atoms with Crippen LogP contribution in [0.3, 0.4) is 0 Å². The number of thiocarbonyl (C=S) groups is 1. The van der Waals surface area contributed by atoms with Crippen LogP contribution >= 0.6 is 12.2 Å². The number of aryl methyl sites for hydroxylation is 1. The van der Waals surface area contributed by atoms with E-state index in [-0.39, 0.29) is 0 Å². The summed E-state index contributed by atoms with van der Waals surface area (Å²) in [4.78, 5) is 6.94. The van der Waals surface area contributed by atoms with Crippen molar-refractivity contribution in [2.45, 2.75) is 13.3 Å². The zero-order valence-corrected chi connectivity index (χ0v) is 10.7. The lowest BCUT2D eigenvalue weighted by Gasteiger charge is -2.18. The third-order valence-corrected chi connectivity index (χ3v) is 2.75. The molecular weight excluding hydrogens is 234 g/mol. The van der Waals surface area contributed by atoms with Gasteiger partial charge in [0, 0.05) is 32.4 Å². The van der Waals surface area contributed by atoms with Gasteiger partial charge in [0.2, 0.25) is 0 Å². The predicted octanol–water partition coefficient (Wildman–Crippen LogP) is 1.15. The van der Waals surface area contributed by atoms with Gasteiger partial charge in [-0.15, -0.1) is 0 Å². The second kappa shape index (κ2) is 4.67. The van der Waals surface area contributed by atoms with Gasteiger partial charge in [-0.3, -0.25) is 0 Å². The minimum absolute atomic E-state index is 0.522. The van der Waals surface area contributed by atoms with Gasteiger partial charge in [0.15, 0.2) is 5.82 Å². The molecule has 0 saturated carbocycles. The highest BCUT2D eigenvalue weighted by Crippen LogP contribution is 2.18. The lowest BCUT2D eigenvalue weighted by molar-refractivity contribution is 0.873. The van der Waals surface area contributed by atoms with Crippen LogP contribution < -0.4 is 10.6 Å². The molecule has 0 aliphatic rings. The Morgan fingerprint density at radius 1 is 1.59 bits per heavy atom. The molecule has 0 amide bonds. The Labute approximate surface area is 105 Å². The zero-order chi connectivity index (χ0) is 12.4. The fourth-order valence-corrected chi connectivity index (χ4v) is 1.80. The average molecular weight is 249 g/mol. The molecule has 2 aromatic rings. The van der Waals surface area contributed by atoms with Crippen molar-refractivity contribution in [2.24, 2.45) is 5.73 Å². The number of hydrogen-bond donors (Lipinski definition) is 1. The first kappa shape index (κ1) is 11.8. The standard InChI is InChI=1S/C11H15N5S/c1-8-7-9-11(13-4-6-16(9)14-8)15(2)5-3-10(12)17/h4,6-7H,3,5H2,1-2H3,(H2,12,17). The summed E-state index contributed by atoms with van der Waals surface area (Å²) >= 11 is 4.88. The fraction of sp³-hybridized carbons (Fsp3) is 0.364. The number of hydrogen-bond acceptors (Lipinski definition) is 4. The Kier molecular flexibility index (Phi) is 3.23. The second-order valence-electron chi connectivity index (χ2n) is 4.00. The van der Waals surface area contributed by atoms with E-state index in [0.717, 1.165) is 23.6 Å². The molecule has 0 aliphatic heterocycles. The Hall–Kier alpha value is -1.69. The van der Waals surface area contributed by atoms with Gasteiger partial charge in [0.25, 0.3) is 0 Å². The molecule has 2 aromatic heterocycles. The molecule has 0 atom stereocenters. The van der Waals surface area contributed by atoms with E-state index in [1.807, 2.05) is 35.6 Å². The third kappa shape index (κ3) is 2.52. The van der Waals surface area contributed by atoms with Crippen LogP contribution in [0.15, 0.2) is 18.5 Å². The zero-order valence-electron chi connectivity index (χ0n) is 9.92. The number of anilines is 1. The highest BCUT2D eigenvalue weighted by molar-refractivity contribution is 7.80. The van der Waals surface area contributed by atoms with Crippen molar-refractivity contribution in [1.29, 1.82) is 0 Å². The Morgan fingerprint density at radius 2 is 2.35 bits per heavy atom. The highest BCUT2D eigenvalue weighted by Gasteiger charge is 2.09. The number of fused-ring (bicyclic) bond motifs is 1. The Balaban J connectivity index is 2.30. The van der Waals surface area contributed by atoms with Crippen LogP contribution in [0.1, 0.15) is 12.1 Å². The number of nitrogens with zero attached hydrogens (tertiary/aromatic N) is 4. The first-order valence-electron chi connectivity index (χ1n) is 5.38. The summed E-state index contributed by atoms with van der Waals surface area (Å²) in [5.74, 6) is 0.893. The molecule has 6 heteroatoms. The van der Waals surface area contributed by atoms with Crippen molar-refractivity contribution in [3.05, 3.63) is 24.2 Å². The van der Waals surface area contributed by atoms with Crippen LogP contribution in [0.2, 0.25) is 0 Å². The van der Waals surface area contributed by atoms with Gasteiger partial charge >= 0.3 is 0 Å². The van der Waals surface area contributed by atoms with Crippen molar-refractivity contribution < 1.29 is 0 Å². The smallest absolute Gasteiger partial charge is 0.154 e. The van der Waals surface area contributed by atoms with Gasteiger partial charge in [-0.05, 0) is 13.0 Å². The second-order valence-corrected chi connectivity index (χ2v) is 4.53. The summed E-state index contributed by atoms with van der Waals surface area (Å²) < 4.78 is 1.83. The normalized spacial score (nSPS) is 10.7. The lowest BCUT2D eigenvalue weighted by Crippen LogP contribution is -2.24. The van der Waals surface area contributed by atoms with Crippen molar-refractivity contribution in [1.82, 2.24) is 14.6 Å². The summed E-state index contributed by atoms with van der Waals surface area (Å²) in [6, 6.07) is 2.01. The average Bonchev–Trinajstić information content (AvgIpc) is 2.65. The number of nitrogens with two attached hydrogens (primary N) is 1. The molecule has 0 saturated heterocycles. The number of rotatable bonds is 4. The summed E-state index contributed by atoms with van der Waals surface area (Å²) in [6.07, 6.45) is 4.26. The summed E-state index contributed by atoms with van der Waals surface area (Å²) in [5.41, 5.74) is 7.47. The van der Waals surface area contributed by atoms with E-state index < -0.39 is 0 Å². The largest absolute Gasteiger partial charge is 0.393 e. The summed E-state index contributed by atoms with van der Waals surface area (Å²) in [6.45, 7) is 2.72. The van der Waals surface area contributed by atoms with Gasteiger partial charge in [0.1, 0.15) is 5.52 Å². The SMILES string of the molecule is Cc1cc2c(N(C)CCC(N)=S)nccn2n1. The molecule has 0 aliphatic carbocycles. The molecule has 17 heavy (non-hydrogen) atoms. The minimum Gasteiger partial charge on any atom is -0.393 e. The van der Waals surface area contributed by atoms with Crippen molar-refractivity contribution >= 4 is 28.5 Å². The van der Waals surface area contributed by atoms with Crippen LogP contribution in [0.4, 0.5) is 5.82 Å². The number of aromatic nitrogens is 3.